The zero-order chi connectivity index (χ0) is 17.0. The van der Waals surface area contributed by atoms with Crippen molar-refractivity contribution in [3.05, 3.63) is 41.2 Å². The van der Waals surface area contributed by atoms with Crippen molar-refractivity contribution in [3.8, 4) is 17.2 Å². The number of anilines is 1. The number of amides is 1. The molecule has 1 aliphatic heterocycles. The molecule has 24 heavy (non-hydrogen) atoms. The van der Waals surface area contributed by atoms with Crippen LogP contribution in [0.15, 0.2) is 30.3 Å². The Morgan fingerprint density at radius 3 is 2.46 bits per heavy atom. The molecule has 0 fully saturated rings. The first-order valence-electron chi connectivity index (χ1n) is 7.18. The van der Waals surface area contributed by atoms with Gasteiger partial charge in [0.25, 0.3) is 5.91 Å². The van der Waals surface area contributed by atoms with E-state index in [1.165, 1.54) is 17.0 Å². The molecule has 4 rings (SSSR count). The van der Waals surface area contributed by atoms with Gasteiger partial charge in [-0.1, -0.05) is 11.6 Å². The number of halogens is 1. The lowest BCUT2D eigenvalue weighted by atomic mass is 10.2. The van der Waals surface area contributed by atoms with E-state index in [0.717, 1.165) is 5.52 Å². The smallest absolute Gasteiger partial charge is 0.275 e. The maximum absolute atomic E-state index is 12.8. The first-order valence-corrected chi connectivity index (χ1v) is 7.56. The van der Waals surface area contributed by atoms with Crippen molar-refractivity contribution in [1.29, 1.82) is 0 Å². The molecule has 0 saturated heterocycles. The van der Waals surface area contributed by atoms with E-state index in [-0.39, 0.29) is 5.91 Å². The molecule has 0 saturated carbocycles. The lowest BCUT2D eigenvalue weighted by Gasteiger charge is -2.29. The Bertz CT molecular complexity index is 975. The van der Waals surface area contributed by atoms with Gasteiger partial charge in [0, 0.05) is 25.2 Å². The summed E-state index contributed by atoms with van der Waals surface area (Å²) >= 11 is 5.90. The maximum Gasteiger partial charge on any atom is 0.275 e. The lowest BCUT2D eigenvalue weighted by Crippen LogP contribution is -2.40. The van der Waals surface area contributed by atoms with E-state index in [2.05, 4.69) is 4.98 Å². The molecule has 8 heteroatoms. The molecule has 0 aliphatic carbocycles. The Morgan fingerprint density at radius 1 is 1.04 bits per heavy atom. The van der Waals surface area contributed by atoms with Crippen LogP contribution in [0.3, 0.4) is 0 Å². The third-order valence-corrected chi connectivity index (χ3v) is 4.31. The van der Waals surface area contributed by atoms with Gasteiger partial charge in [0.1, 0.15) is 10.8 Å². The Morgan fingerprint density at radius 2 is 1.75 bits per heavy atom. The number of aromatic hydroxyl groups is 3. The zero-order valence-corrected chi connectivity index (χ0v) is 13.0. The lowest BCUT2D eigenvalue weighted by molar-refractivity contribution is 0.0966. The molecule has 0 unspecified atom stereocenters. The number of rotatable bonds is 1. The summed E-state index contributed by atoms with van der Waals surface area (Å²) in [5, 5.41) is 29.1. The number of aromatic nitrogens is 2. The van der Waals surface area contributed by atoms with Gasteiger partial charge in [-0.3, -0.25) is 4.79 Å². The van der Waals surface area contributed by atoms with Gasteiger partial charge >= 0.3 is 0 Å². The fourth-order valence-corrected chi connectivity index (χ4v) is 3.12. The molecule has 122 valence electrons. The topological polar surface area (TPSA) is 98.8 Å². The van der Waals surface area contributed by atoms with Gasteiger partial charge < -0.3 is 24.8 Å². The van der Waals surface area contributed by atoms with Crippen LogP contribution >= 0.6 is 11.6 Å². The second-order valence-corrected chi connectivity index (χ2v) is 5.90. The van der Waals surface area contributed by atoms with Gasteiger partial charge in [0.15, 0.2) is 17.2 Å². The van der Waals surface area contributed by atoms with Crippen LogP contribution in [-0.2, 0) is 6.54 Å². The number of nitrogens with zero attached hydrogens (tertiary/aromatic N) is 3. The largest absolute Gasteiger partial charge is 0.504 e. The van der Waals surface area contributed by atoms with Crippen LogP contribution in [-0.4, -0.2) is 37.3 Å². The highest BCUT2D eigenvalue weighted by Gasteiger charge is 2.28. The monoisotopic (exact) mass is 345 g/mol. The van der Waals surface area contributed by atoms with E-state index in [9.17, 15) is 20.1 Å². The summed E-state index contributed by atoms with van der Waals surface area (Å²) in [6.45, 7) is 0.873. The molecule has 1 aliphatic rings. The quantitative estimate of drug-likeness (QED) is 0.465. The van der Waals surface area contributed by atoms with Crippen LogP contribution in [0.5, 0.6) is 17.2 Å². The molecule has 0 bridgehead atoms. The summed E-state index contributed by atoms with van der Waals surface area (Å²) in [6.07, 6.45) is 0. The highest BCUT2D eigenvalue weighted by Crippen LogP contribution is 2.39. The first kappa shape index (κ1) is 14.6. The molecule has 0 radical (unpaired) electrons. The average Bonchev–Trinajstić information content (AvgIpc) is 2.91. The second-order valence-electron chi connectivity index (χ2n) is 5.51. The molecule has 2 aromatic heterocycles. The number of carbonyl (C=O) groups excluding carboxylic acids is 1. The predicted octanol–water partition coefficient (Wildman–Crippen LogP) is 2.47. The number of pyridine rings is 1. The third-order valence-electron chi connectivity index (χ3n) is 4.10. The van der Waals surface area contributed by atoms with Gasteiger partial charge in [-0.05, 0) is 18.2 Å². The minimum Gasteiger partial charge on any atom is -0.504 e. The van der Waals surface area contributed by atoms with Crippen LogP contribution in [0.25, 0.3) is 11.0 Å². The van der Waals surface area contributed by atoms with Crippen molar-refractivity contribution in [2.24, 2.45) is 0 Å². The molecule has 3 heterocycles. The van der Waals surface area contributed by atoms with Crippen LogP contribution < -0.4 is 4.90 Å². The Kier molecular flexibility index (Phi) is 3.07. The molecule has 1 amide bonds. The normalized spacial score (nSPS) is 14.2. The number of phenolic OH excluding ortho intramolecular Hbond substituents is 3. The molecular weight excluding hydrogens is 334 g/mol. The number of hydrogen-bond acceptors (Lipinski definition) is 5. The molecule has 3 aromatic rings. The zero-order valence-electron chi connectivity index (χ0n) is 12.3. The van der Waals surface area contributed by atoms with E-state index in [1.54, 1.807) is 12.1 Å². The number of carbonyl (C=O) groups is 1. The Balaban J connectivity index is 1.81. The SMILES string of the molecule is O=C1c2cc3nc(Cl)ccc3n2CCN1c1cc(O)c(O)c(O)c1. The van der Waals surface area contributed by atoms with Crippen molar-refractivity contribution in [2.75, 3.05) is 11.4 Å². The predicted molar refractivity (Wildman–Crippen MR) is 87.9 cm³/mol. The summed E-state index contributed by atoms with van der Waals surface area (Å²) in [5.74, 6) is -1.88. The third kappa shape index (κ3) is 2.05. The van der Waals surface area contributed by atoms with Gasteiger partial charge in [0.2, 0.25) is 0 Å². The van der Waals surface area contributed by atoms with Crippen LogP contribution in [0.2, 0.25) is 5.15 Å². The van der Waals surface area contributed by atoms with E-state index in [0.29, 0.717) is 35.1 Å². The number of fused-ring (bicyclic) bond motifs is 3. The molecule has 1 aromatic carbocycles. The summed E-state index contributed by atoms with van der Waals surface area (Å²) in [4.78, 5) is 18.4. The molecule has 3 N–H and O–H groups in total. The Hall–Kier alpha value is -2.93. The van der Waals surface area contributed by atoms with Crippen molar-refractivity contribution in [2.45, 2.75) is 6.54 Å². The fourth-order valence-electron chi connectivity index (χ4n) is 2.96. The maximum atomic E-state index is 12.8. The average molecular weight is 346 g/mol. The fraction of sp³-hybridized carbons (Fsp3) is 0.125. The molecule has 7 nitrogen and oxygen atoms in total. The van der Waals surface area contributed by atoms with Gasteiger partial charge in [-0.2, -0.15) is 0 Å². The van der Waals surface area contributed by atoms with E-state index in [1.807, 2.05) is 10.6 Å². The van der Waals surface area contributed by atoms with E-state index in [4.69, 9.17) is 11.6 Å². The number of phenols is 3. The van der Waals surface area contributed by atoms with Gasteiger partial charge in [-0.25, -0.2) is 4.98 Å². The van der Waals surface area contributed by atoms with Crippen molar-refractivity contribution in [1.82, 2.24) is 9.55 Å². The van der Waals surface area contributed by atoms with Crippen molar-refractivity contribution in [3.63, 3.8) is 0 Å². The Labute approximate surface area is 141 Å². The highest BCUT2D eigenvalue weighted by atomic mass is 35.5. The van der Waals surface area contributed by atoms with Crippen LogP contribution in [0.4, 0.5) is 5.69 Å². The summed E-state index contributed by atoms with van der Waals surface area (Å²) in [7, 11) is 0. The van der Waals surface area contributed by atoms with E-state index < -0.39 is 17.2 Å². The minimum absolute atomic E-state index is 0.292. The molecule has 0 spiro atoms. The number of hydrogen-bond donors (Lipinski definition) is 3. The number of benzene rings is 1. The summed E-state index contributed by atoms with van der Waals surface area (Å²) in [5.41, 5.74) is 2.19. The van der Waals surface area contributed by atoms with Crippen molar-refractivity contribution >= 4 is 34.2 Å². The standard InChI is InChI=1S/C16H12ClN3O4/c17-14-2-1-10-9(18-14)7-11-16(24)19(3-4-20(10)11)8-5-12(21)15(23)13(22)6-8/h1-2,5-7,21-23H,3-4H2. The van der Waals surface area contributed by atoms with Gasteiger partial charge in [0.05, 0.1) is 16.7 Å². The molecule has 0 atom stereocenters. The summed E-state index contributed by atoms with van der Waals surface area (Å²) in [6, 6.07) is 7.62. The summed E-state index contributed by atoms with van der Waals surface area (Å²) < 4.78 is 1.86. The second kappa shape index (κ2) is 5.04. The van der Waals surface area contributed by atoms with Crippen molar-refractivity contribution < 1.29 is 20.1 Å². The van der Waals surface area contributed by atoms with E-state index >= 15 is 0 Å². The van der Waals surface area contributed by atoms with Gasteiger partial charge in [-0.15, -0.1) is 0 Å². The van der Waals surface area contributed by atoms with Crippen LogP contribution in [0, 0.1) is 0 Å². The van der Waals surface area contributed by atoms with Crippen LogP contribution in [0.1, 0.15) is 10.5 Å². The highest BCUT2D eigenvalue weighted by molar-refractivity contribution is 6.29. The minimum atomic E-state index is -0.615. The molecular formula is C16H12ClN3O4. The first-order chi connectivity index (χ1) is 11.5.